The summed E-state index contributed by atoms with van der Waals surface area (Å²) in [5.41, 5.74) is 1.49. The maximum absolute atomic E-state index is 6.14. The first-order valence-electron chi connectivity index (χ1n) is 5.22. The molecule has 0 unspecified atom stereocenters. The fraction of sp³-hybridized carbons (Fsp3) is 0.167. The molecule has 17 heavy (non-hydrogen) atoms. The normalized spacial score (nSPS) is 10.3. The van der Waals surface area contributed by atoms with Gasteiger partial charge in [0.2, 0.25) is 0 Å². The van der Waals surface area contributed by atoms with Crippen LogP contribution in [0.1, 0.15) is 6.92 Å². The molecule has 0 saturated heterocycles. The molecule has 5 heteroatoms. The molecule has 0 bridgehead atoms. The van der Waals surface area contributed by atoms with Crippen LogP contribution in [-0.2, 0) is 0 Å². The molecule has 1 aromatic heterocycles. The summed E-state index contributed by atoms with van der Waals surface area (Å²) in [7, 11) is 0. The van der Waals surface area contributed by atoms with Gasteiger partial charge >= 0.3 is 0 Å². The number of hydrogen-bond acceptors (Lipinski definition) is 3. The van der Waals surface area contributed by atoms with Crippen LogP contribution in [0, 0.1) is 0 Å². The van der Waals surface area contributed by atoms with Crippen LogP contribution in [0.4, 0.5) is 5.82 Å². The van der Waals surface area contributed by atoms with Crippen molar-refractivity contribution in [3.05, 3.63) is 40.6 Å². The van der Waals surface area contributed by atoms with Gasteiger partial charge in [-0.05, 0) is 13.0 Å². The first kappa shape index (κ1) is 12.1. The number of benzene rings is 1. The predicted molar refractivity (Wildman–Crippen MR) is 71.7 cm³/mol. The van der Waals surface area contributed by atoms with Gasteiger partial charge in [0, 0.05) is 12.1 Å². The van der Waals surface area contributed by atoms with Crippen molar-refractivity contribution in [1.29, 1.82) is 0 Å². The summed E-state index contributed by atoms with van der Waals surface area (Å²) in [6, 6.07) is 5.45. The summed E-state index contributed by atoms with van der Waals surface area (Å²) >= 11 is 12.1. The van der Waals surface area contributed by atoms with Crippen LogP contribution in [-0.4, -0.2) is 16.5 Å². The lowest BCUT2D eigenvalue weighted by Crippen LogP contribution is -2.00. The van der Waals surface area contributed by atoms with Gasteiger partial charge in [0.15, 0.2) is 0 Å². The molecule has 0 saturated carbocycles. The Morgan fingerprint density at radius 2 is 2.06 bits per heavy atom. The standard InChI is InChI=1S/C12H11Cl2N3/c1-2-16-11-7-15-6-10(17-11)8-4-3-5-9(13)12(8)14/h3-7H,2H2,1H3,(H,16,17). The topological polar surface area (TPSA) is 37.8 Å². The van der Waals surface area contributed by atoms with Crippen LogP contribution in [0.3, 0.4) is 0 Å². The Bertz CT molecular complexity index is 529. The molecule has 0 amide bonds. The summed E-state index contributed by atoms with van der Waals surface area (Å²) in [6.07, 6.45) is 3.34. The van der Waals surface area contributed by atoms with Gasteiger partial charge in [-0.3, -0.25) is 4.98 Å². The Morgan fingerprint density at radius 1 is 1.24 bits per heavy atom. The van der Waals surface area contributed by atoms with E-state index < -0.39 is 0 Å². The van der Waals surface area contributed by atoms with Crippen LogP contribution >= 0.6 is 23.2 Å². The molecule has 0 aliphatic carbocycles. The summed E-state index contributed by atoms with van der Waals surface area (Å²) in [5.74, 6) is 0.723. The van der Waals surface area contributed by atoms with E-state index in [1.54, 1.807) is 18.5 Å². The maximum Gasteiger partial charge on any atom is 0.145 e. The molecule has 0 aliphatic rings. The molecule has 88 valence electrons. The largest absolute Gasteiger partial charge is 0.369 e. The van der Waals surface area contributed by atoms with E-state index in [1.807, 2.05) is 19.1 Å². The van der Waals surface area contributed by atoms with Gasteiger partial charge in [-0.2, -0.15) is 0 Å². The van der Waals surface area contributed by atoms with Gasteiger partial charge in [0.25, 0.3) is 0 Å². The summed E-state index contributed by atoms with van der Waals surface area (Å²) in [5, 5.41) is 4.11. The van der Waals surface area contributed by atoms with Crippen molar-refractivity contribution in [1.82, 2.24) is 9.97 Å². The van der Waals surface area contributed by atoms with Crippen molar-refractivity contribution in [3.8, 4) is 11.3 Å². The third kappa shape index (κ3) is 2.68. The number of rotatable bonds is 3. The van der Waals surface area contributed by atoms with Crippen molar-refractivity contribution >= 4 is 29.0 Å². The summed E-state index contributed by atoms with van der Waals surface area (Å²) in [6.45, 7) is 2.79. The highest BCUT2D eigenvalue weighted by atomic mass is 35.5. The van der Waals surface area contributed by atoms with Crippen LogP contribution in [0.2, 0.25) is 10.0 Å². The third-order valence-corrected chi connectivity index (χ3v) is 3.04. The van der Waals surface area contributed by atoms with Crippen LogP contribution < -0.4 is 5.32 Å². The molecule has 1 heterocycles. The molecule has 1 N–H and O–H groups in total. The average molecular weight is 268 g/mol. The minimum absolute atomic E-state index is 0.497. The Hall–Kier alpha value is -1.32. The summed E-state index contributed by atoms with van der Waals surface area (Å²) < 4.78 is 0. The minimum Gasteiger partial charge on any atom is -0.369 e. The highest BCUT2D eigenvalue weighted by Crippen LogP contribution is 2.32. The molecule has 0 aliphatic heterocycles. The number of anilines is 1. The predicted octanol–water partition coefficient (Wildman–Crippen LogP) is 3.88. The molecule has 1 aromatic carbocycles. The molecule has 2 rings (SSSR count). The molecule has 2 aromatic rings. The number of nitrogens with one attached hydrogen (secondary N) is 1. The Labute approximate surface area is 110 Å². The number of nitrogens with zero attached hydrogens (tertiary/aromatic N) is 2. The second kappa shape index (κ2) is 5.34. The van der Waals surface area contributed by atoms with Gasteiger partial charge in [0.1, 0.15) is 5.82 Å². The molecule has 0 fully saturated rings. The lowest BCUT2D eigenvalue weighted by atomic mass is 10.1. The smallest absolute Gasteiger partial charge is 0.145 e. The molecule has 0 spiro atoms. The first-order valence-corrected chi connectivity index (χ1v) is 5.98. The third-order valence-electron chi connectivity index (χ3n) is 2.22. The molecule has 3 nitrogen and oxygen atoms in total. The summed E-state index contributed by atoms with van der Waals surface area (Å²) in [4.78, 5) is 8.54. The molecule has 0 atom stereocenters. The van der Waals surface area contributed by atoms with Crippen molar-refractivity contribution in [2.75, 3.05) is 11.9 Å². The first-order chi connectivity index (χ1) is 8.22. The van der Waals surface area contributed by atoms with Crippen molar-refractivity contribution in [3.63, 3.8) is 0 Å². The van der Waals surface area contributed by atoms with E-state index in [2.05, 4.69) is 15.3 Å². The van der Waals surface area contributed by atoms with E-state index in [0.717, 1.165) is 17.9 Å². The highest BCUT2D eigenvalue weighted by Gasteiger charge is 2.08. The van der Waals surface area contributed by atoms with E-state index in [-0.39, 0.29) is 0 Å². The number of halogens is 2. The number of hydrogen-bond donors (Lipinski definition) is 1. The van der Waals surface area contributed by atoms with Crippen LogP contribution in [0.5, 0.6) is 0 Å². The van der Waals surface area contributed by atoms with Gasteiger partial charge in [-0.25, -0.2) is 4.98 Å². The van der Waals surface area contributed by atoms with Crippen LogP contribution in [0.25, 0.3) is 11.3 Å². The molecular formula is C12H11Cl2N3. The van der Waals surface area contributed by atoms with E-state index >= 15 is 0 Å². The van der Waals surface area contributed by atoms with Gasteiger partial charge < -0.3 is 5.32 Å². The lowest BCUT2D eigenvalue weighted by molar-refractivity contribution is 1.12. The zero-order valence-electron chi connectivity index (χ0n) is 9.24. The SMILES string of the molecule is CCNc1cncc(-c2cccc(Cl)c2Cl)n1. The second-order valence-corrected chi connectivity index (χ2v) is 4.21. The van der Waals surface area contributed by atoms with E-state index in [0.29, 0.717) is 15.7 Å². The Kier molecular flexibility index (Phi) is 3.82. The van der Waals surface area contributed by atoms with Gasteiger partial charge in [-0.1, -0.05) is 35.3 Å². The molecular weight excluding hydrogens is 257 g/mol. The van der Waals surface area contributed by atoms with E-state index in [4.69, 9.17) is 23.2 Å². The quantitative estimate of drug-likeness (QED) is 0.917. The minimum atomic E-state index is 0.497. The average Bonchev–Trinajstić information content (AvgIpc) is 2.33. The van der Waals surface area contributed by atoms with E-state index in [9.17, 15) is 0 Å². The number of aromatic nitrogens is 2. The fourth-order valence-electron chi connectivity index (χ4n) is 1.46. The van der Waals surface area contributed by atoms with Crippen molar-refractivity contribution in [2.24, 2.45) is 0 Å². The van der Waals surface area contributed by atoms with Crippen molar-refractivity contribution in [2.45, 2.75) is 6.92 Å². The maximum atomic E-state index is 6.14. The van der Waals surface area contributed by atoms with Gasteiger partial charge in [-0.15, -0.1) is 0 Å². The van der Waals surface area contributed by atoms with E-state index in [1.165, 1.54) is 0 Å². The highest BCUT2D eigenvalue weighted by molar-refractivity contribution is 6.43. The second-order valence-electron chi connectivity index (χ2n) is 3.42. The van der Waals surface area contributed by atoms with Crippen molar-refractivity contribution < 1.29 is 0 Å². The molecule has 0 radical (unpaired) electrons. The fourth-order valence-corrected chi connectivity index (χ4v) is 1.86. The monoisotopic (exact) mass is 267 g/mol. The van der Waals surface area contributed by atoms with Crippen LogP contribution in [0.15, 0.2) is 30.6 Å². The Balaban J connectivity index is 2.45. The lowest BCUT2D eigenvalue weighted by Gasteiger charge is -2.07. The Morgan fingerprint density at radius 3 is 2.82 bits per heavy atom. The van der Waals surface area contributed by atoms with Gasteiger partial charge in [0.05, 0.1) is 28.1 Å². The zero-order valence-corrected chi connectivity index (χ0v) is 10.8. The zero-order chi connectivity index (χ0) is 12.3.